The van der Waals surface area contributed by atoms with Gasteiger partial charge in [0.15, 0.2) is 17.2 Å². The predicted octanol–water partition coefficient (Wildman–Crippen LogP) is 4.65. The van der Waals surface area contributed by atoms with Gasteiger partial charge in [0.05, 0.1) is 12.7 Å². The van der Waals surface area contributed by atoms with Crippen LogP contribution in [0.25, 0.3) is 0 Å². The summed E-state index contributed by atoms with van der Waals surface area (Å²) in [6, 6.07) is 12.1. The topological polar surface area (TPSA) is 114 Å². The Bertz CT molecular complexity index is 1240. The summed E-state index contributed by atoms with van der Waals surface area (Å²) >= 11 is 0. The fourth-order valence-electron chi connectivity index (χ4n) is 3.64. The van der Waals surface area contributed by atoms with E-state index < -0.39 is 11.9 Å². The van der Waals surface area contributed by atoms with Crippen LogP contribution in [0.3, 0.4) is 0 Å². The minimum absolute atomic E-state index is 0.0381. The number of phenols is 1. The number of ether oxygens (including phenoxy) is 3. The second kappa shape index (κ2) is 8.14. The Morgan fingerprint density at radius 3 is 2.44 bits per heavy atom. The maximum Gasteiger partial charge on any atom is 0.347 e. The van der Waals surface area contributed by atoms with Crippen LogP contribution in [0.4, 0.5) is 5.69 Å². The molecule has 0 radical (unpaired) electrons. The number of methoxy groups -OCH3 is 1. The van der Waals surface area contributed by atoms with Gasteiger partial charge in [0.1, 0.15) is 22.6 Å². The molecule has 0 amide bonds. The van der Waals surface area contributed by atoms with Gasteiger partial charge in [-0.25, -0.2) is 9.59 Å². The van der Waals surface area contributed by atoms with Crippen LogP contribution in [0, 0.1) is 13.8 Å². The fraction of sp³-hybridized carbons (Fsp3) is 0.167. The number of benzene rings is 3. The highest BCUT2D eigenvalue weighted by atomic mass is 16.6. The molecule has 0 spiro atoms. The quantitative estimate of drug-likeness (QED) is 0.392. The van der Waals surface area contributed by atoms with E-state index in [0.29, 0.717) is 16.7 Å². The van der Waals surface area contributed by atoms with Gasteiger partial charge in [-0.1, -0.05) is 18.2 Å². The first-order valence-electron chi connectivity index (χ1n) is 9.81. The molecule has 0 saturated carbocycles. The molecule has 1 heterocycles. The van der Waals surface area contributed by atoms with E-state index in [1.54, 1.807) is 13.8 Å². The number of aryl methyl sites for hydroxylation is 1. The number of fused-ring (bicyclic) bond motifs is 2. The number of carboxylic acids is 1. The number of carbonyl (C=O) groups excluding carboxylic acids is 1. The molecule has 3 N–H and O–H groups in total. The Kier molecular flexibility index (Phi) is 5.36. The lowest BCUT2D eigenvalue weighted by molar-refractivity contribution is 0.0685. The Morgan fingerprint density at radius 2 is 1.78 bits per heavy atom. The number of rotatable bonds is 5. The first-order valence-corrected chi connectivity index (χ1v) is 9.81. The molecule has 1 aliphatic heterocycles. The molecule has 0 saturated heterocycles. The summed E-state index contributed by atoms with van der Waals surface area (Å²) in [5, 5.41) is 23.6. The van der Waals surface area contributed by atoms with Crippen molar-refractivity contribution in [3.63, 3.8) is 0 Å². The first kappa shape index (κ1) is 21.0. The van der Waals surface area contributed by atoms with Crippen LogP contribution in [-0.2, 0) is 6.54 Å². The number of hydrogen-bond donors (Lipinski definition) is 3. The molecule has 4 rings (SSSR count). The van der Waals surface area contributed by atoms with Crippen molar-refractivity contribution in [1.29, 1.82) is 0 Å². The fourth-order valence-corrected chi connectivity index (χ4v) is 3.64. The highest BCUT2D eigenvalue weighted by Gasteiger charge is 2.34. The van der Waals surface area contributed by atoms with E-state index in [9.17, 15) is 19.8 Å². The van der Waals surface area contributed by atoms with Gasteiger partial charge in [-0.05, 0) is 43.7 Å². The van der Waals surface area contributed by atoms with Crippen molar-refractivity contribution in [2.75, 3.05) is 12.4 Å². The van der Waals surface area contributed by atoms with E-state index in [2.05, 4.69) is 5.32 Å². The lowest BCUT2D eigenvalue weighted by Gasteiger charge is -2.18. The average Bonchev–Trinajstić information content (AvgIpc) is 2.91. The third-order valence-electron chi connectivity index (χ3n) is 5.29. The highest BCUT2D eigenvalue weighted by Crippen LogP contribution is 2.48. The number of carbonyl (C=O) groups is 2. The lowest BCUT2D eigenvalue weighted by atomic mass is 10.0. The van der Waals surface area contributed by atoms with Gasteiger partial charge in [-0.15, -0.1) is 0 Å². The number of esters is 1. The average molecular weight is 435 g/mol. The summed E-state index contributed by atoms with van der Waals surface area (Å²) in [5.41, 5.74) is 1.82. The monoisotopic (exact) mass is 435 g/mol. The molecular weight excluding hydrogens is 414 g/mol. The molecule has 0 bridgehead atoms. The summed E-state index contributed by atoms with van der Waals surface area (Å²) in [5.74, 6) is -1.97. The Hall–Kier alpha value is -4.20. The van der Waals surface area contributed by atoms with Crippen molar-refractivity contribution in [2.24, 2.45) is 0 Å². The Balaban J connectivity index is 1.90. The van der Waals surface area contributed by atoms with Crippen molar-refractivity contribution in [1.82, 2.24) is 0 Å². The van der Waals surface area contributed by atoms with Crippen molar-refractivity contribution >= 4 is 17.6 Å². The SMILES string of the molecule is COc1cc(C(=O)O)c2c(c1C)OC(=O)c1c(C)cc(O)c(CNc3ccccc3)c1O2. The van der Waals surface area contributed by atoms with Crippen molar-refractivity contribution < 1.29 is 34.0 Å². The maximum absolute atomic E-state index is 13.1. The van der Waals surface area contributed by atoms with E-state index in [1.807, 2.05) is 30.3 Å². The second-order valence-electron chi connectivity index (χ2n) is 7.32. The number of phenolic OH excluding ortho intramolecular Hbond substituents is 1. The van der Waals surface area contributed by atoms with E-state index in [-0.39, 0.29) is 46.4 Å². The van der Waals surface area contributed by atoms with Crippen LogP contribution < -0.4 is 19.5 Å². The predicted molar refractivity (Wildman–Crippen MR) is 116 cm³/mol. The molecule has 32 heavy (non-hydrogen) atoms. The van der Waals surface area contributed by atoms with Gasteiger partial charge in [0.2, 0.25) is 0 Å². The van der Waals surface area contributed by atoms with Crippen LogP contribution in [0.5, 0.6) is 28.7 Å². The third-order valence-corrected chi connectivity index (χ3v) is 5.29. The van der Waals surface area contributed by atoms with Gasteiger partial charge in [0.25, 0.3) is 0 Å². The van der Waals surface area contributed by atoms with E-state index >= 15 is 0 Å². The van der Waals surface area contributed by atoms with Gasteiger partial charge in [0, 0.05) is 17.8 Å². The highest BCUT2D eigenvalue weighted by molar-refractivity contribution is 6.00. The molecule has 0 fully saturated rings. The van der Waals surface area contributed by atoms with Gasteiger partial charge in [-0.2, -0.15) is 0 Å². The summed E-state index contributed by atoms with van der Waals surface area (Å²) in [6.45, 7) is 3.40. The van der Waals surface area contributed by atoms with Crippen molar-refractivity contribution in [2.45, 2.75) is 20.4 Å². The summed E-state index contributed by atoms with van der Waals surface area (Å²) < 4.78 is 16.9. The van der Waals surface area contributed by atoms with Crippen molar-refractivity contribution in [3.8, 4) is 28.7 Å². The van der Waals surface area contributed by atoms with Crippen LogP contribution >= 0.6 is 0 Å². The third kappa shape index (κ3) is 3.56. The number of aromatic hydroxyl groups is 1. The number of anilines is 1. The number of nitrogens with one attached hydrogen (secondary N) is 1. The second-order valence-corrected chi connectivity index (χ2v) is 7.32. The number of hydrogen-bond acceptors (Lipinski definition) is 7. The number of aromatic carboxylic acids is 1. The number of para-hydroxylation sites is 1. The van der Waals surface area contributed by atoms with Crippen molar-refractivity contribution in [3.05, 3.63) is 70.3 Å². The molecule has 164 valence electrons. The van der Waals surface area contributed by atoms with Crippen LogP contribution in [-0.4, -0.2) is 29.3 Å². The normalized spacial score (nSPS) is 12.0. The molecule has 0 unspecified atom stereocenters. The smallest absolute Gasteiger partial charge is 0.347 e. The molecule has 1 aliphatic rings. The van der Waals surface area contributed by atoms with Gasteiger partial charge < -0.3 is 29.7 Å². The van der Waals surface area contributed by atoms with E-state index in [1.165, 1.54) is 19.2 Å². The molecule has 3 aromatic carbocycles. The zero-order valence-corrected chi connectivity index (χ0v) is 17.7. The maximum atomic E-state index is 13.1. The molecule has 0 aliphatic carbocycles. The minimum atomic E-state index is -1.28. The Labute approximate surface area is 184 Å². The van der Waals surface area contributed by atoms with E-state index in [0.717, 1.165) is 5.69 Å². The molecule has 8 heteroatoms. The minimum Gasteiger partial charge on any atom is -0.507 e. The summed E-state index contributed by atoms with van der Waals surface area (Å²) in [7, 11) is 1.39. The zero-order valence-electron chi connectivity index (χ0n) is 17.7. The zero-order chi connectivity index (χ0) is 23.0. The molecular formula is C24H21NO7. The standard InChI is InChI=1S/C24H21NO7/c1-12-9-17(26)16(11-25-14-7-5-4-6-8-14)21-19(12)24(29)32-20-13(2)18(30-3)10-15(23(27)28)22(20)31-21/h4-10,25-26H,11H2,1-3H3,(H,27,28). The largest absolute Gasteiger partial charge is 0.507 e. The molecule has 0 atom stereocenters. The molecule has 3 aromatic rings. The van der Waals surface area contributed by atoms with Gasteiger partial charge >= 0.3 is 11.9 Å². The molecule has 8 nitrogen and oxygen atoms in total. The van der Waals surface area contributed by atoms with Gasteiger partial charge in [-0.3, -0.25) is 0 Å². The lowest BCUT2D eigenvalue weighted by Crippen LogP contribution is -2.12. The van der Waals surface area contributed by atoms with Crippen LogP contribution in [0.2, 0.25) is 0 Å². The first-order chi connectivity index (χ1) is 15.3. The van der Waals surface area contributed by atoms with Crippen LogP contribution in [0.15, 0.2) is 42.5 Å². The Morgan fingerprint density at radius 1 is 1.06 bits per heavy atom. The van der Waals surface area contributed by atoms with E-state index in [4.69, 9.17) is 14.2 Å². The summed E-state index contributed by atoms with van der Waals surface area (Å²) in [6.07, 6.45) is 0. The summed E-state index contributed by atoms with van der Waals surface area (Å²) in [4.78, 5) is 25.0. The number of carboxylic acid groups (broad SMARTS) is 1. The molecule has 0 aromatic heterocycles. The van der Waals surface area contributed by atoms with Crippen LogP contribution in [0.1, 0.15) is 37.4 Å².